The molecule has 0 aliphatic heterocycles. The monoisotopic (exact) mass is 347 g/mol. The van der Waals surface area contributed by atoms with Gasteiger partial charge in [-0.2, -0.15) is 0 Å². The second kappa shape index (κ2) is 7.01. The lowest BCUT2D eigenvalue weighted by atomic mass is 10.1. The van der Waals surface area contributed by atoms with Gasteiger partial charge in [-0.25, -0.2) is 9.18 Å². The normalized spacial score (nSPS) is 15.7. The number of aryl methyl sites for hydroxylation is 1. The molecule has 0 unspecified atom stereocenters. The fourth-order valence-corrected chi connectivity index (χ4v) is 3.00. The number of carbonyl (C=O) groups is 2. The van der Waals surface area contributed by atoms with Crippen LogP contribution in [0.1, 0.15) is 33.9 Å². The van der Waals surface area contributed by atoms with E-state index in [1.807, 2.05) is 24.3 Å². The van der Waals surface area contributed by atoms with Crippen LogP contribution >= 0.6 is 11.6 Å². The molecule has 0 aromatic heterocycles. The number of halogens is 2. The molecule has 2 aromatic rings. The second-order valence-electron chi connectivity index (χ2n) is 5.56. The first-order valence-electron chi connectivity index (χ1n) is 7.54. The Labute approximate surface area is 143 Å². The molecule has 0 radical (unpaired) electrons. The molecule has 0 fully saturated rings. The summed E-state index contributed by atoms with van der Waals surface area (Å²) in [6, 6.07) is 11.2. The molecule has 24 heavy (non-hydrogen) atoms. The lowest BCUT2D eigenvalue weighted by Crippen LogP contribution is -2.31. The fraction of sp³-hybridized carbons (Fsp3) is 0.222. The van der Waals surface area contributed by atoms with Gasteiger partial charge in [0.25, 0.3) is 5.91 Å². The van der Waals surface area contributed by atoms with Crippen LogP contribution in [0.2, 0.25) is 5.02 Å². The highest BCUT2D eigenvalue weighted by Crippen LogP contribution is 2.30. The van der Waals surface area contributed by atoms with Gasteiger partial charge in [0.1, 0.15) is 5.82 Å². The lowest BCUT2D eigenvalue weighted by molar-refractivity contribution is -0.125. The number of carbonyl (C=O) groups excluding carboxylic acids is 2. The van der Waals surface area contributed by atoms with Crippen LogP contribution in [0.15, 0.2) is 42.5 Å². The van der Waals surface area contributed by atoms with Crippen LogP contribution in [-0.4, -0.2) is 18.5 Å². The summed E-state index contributed by atoms with van der Waals surface area (Å²) in [4.78, 5) is 23.9. The highest BCUT2D eigenvalue weighted by Gasteiger charge is 2.24. The summed E-state index contributed by atoms with van der Waals surface area (Å²) in [6.45, 7) is -0.440. The fourth-order valence-electron chi connectivity index (χ4n) is 2.81. The van der Waals surface area contributed by atoms with Crippen molar-refractivity contribution in [3.63, 3.8) is 0 Å². The maximum Gasteiger partial charge on any atom is 0.340 e. The van der Waals surface area contributed by atoms with Crippen molar-refractivity contribution in [3.05, 3.63) is 70.0 Å². The van der Waals surface area contributed by atoms with E-state index in [2.05, 4.69) is 5.32 Å². The van der Waals surface area contributed by atoms with Crippen molar-refractivity contribution in [1.82, 2.24) is 5.32 Å². The Morgan fingerprint density at radius 1 is 1.25 bits per heavy atom. The number of esters is 1. The number of fused-ring (bicyclic) bond motifs is 1. The molecular formula is C18H15ClFNO3. The van der Waals surface area contributed by atoms with Gasteiger partial charge in [0.2, 0.25) is 0 Å². The Hall–Kier alpha value is -2.40. The summed E-state index contributed by atoms with van der Waals surface area (Å²) >= 11 is 5.83. The minimum atomic E-state index is -0.832. The molecule has 4 nitrogen and oxygen atoms in total. The molecule has 0 saturated carbocycles. The summed E-state index contributed by atoms with van der Waals surface area (Å²) in [7, 11) is 0. The zero-order chi connectivity index (χ0) is 17.1. The third-order valence-electron chi connectivity index (χ3n) is 3.95. The molecular weight excluding hydrogens is 333 g/mol. The number of ether oxygens (including phenoxy) is 1. The lowest BCUT2D eigenvalue weighted by Gasteiger charge is -2.14. The third kappa shape index (κ3) is 3.57. The van der Waals surface area contributed by atoms with E-state index in [1.165, 1.54) is 11.6 Å². The molecule has 0 bridgehead atoms. The van der Waals surface area contributed by atoms with Crippen molar-refractivity contribution in [2.75, 3.05) is 6.61 Å². The average molecular weight is 348 g/mol. The topological polar surface area (TPSA) is 55.4 Å². The molecule has 1 aliphatic rings. The van der Waals surface area contributed by atoms with Crippen molar-refractivity contribution >= 4 is 23.5 Å². The number of amides is 1. The third-order valence-corrected chi connectivity index (χ3v) is 4.28. The van der Waals surface area contributed by atoms with Crippen LogP contribution < -0.4 is 5.32 Å². The van der Waals surface area contributed by atoms with Crippen LogP contribution in [0.4, 0.5) is 4.39 Å². The van der Waals surface area contributed by atoms with Gasteiger partial charge in [-0.05, 0) is 42.2 Å². The zero-order valence-electron chi connectivity index (χ0n) is 12.7. The largest absolute Gasteiger partial charge is 0.452 e. The maximum absolute atomic E-state index is 13.2. The van der Waals surface area contributed by atoms with Crippen LogP contribution in [0, 0.1) is 5.82 Å². The quantitative estimate of drug-likeness (QED) is 0.862. The number of benzene rings is 2. The van der Waals surface area contributed by atoms with E-state index in [0.717, 1.165) is 30.5 Å². The molecule has 2 aromatic carbocycles. The van der Waals surface area contributed by atoms with Gasteiger partial charge >= 0.3 is 5.97 Å². The van der Waals surface area contributed by atoms with Gasteiger partial charge in [-0.1, -0.05) is 35.9 Å². The first kappa shape index (κ1) is 16.5. The summed E-state index contributed by atoms with van der Waals surface area (Å²) in [5, 5.41) is 2.92. The van der Waals surface area contributed by atoms with E-state index in [4.69, 9.17) is 16.3 Å². The van der Waals surface area contributed by atoms with E-state index in [9.17, 15) is 14.0 Å². The first-order chi connectivity index (χ1) is 11.5. The Morgan fingerprint density at radius 3 is 2.88 bits per heavy atom. The van der Waals surface area contributed by atoms with E-state index in [0.29, 0.717) is 0 Å². The van der Waals surface area contributed by atoms with Gasteiger partial charge in [0, 0.05) is 0 Å². The molecule has 124 valence electrons. The Kier molecular flexibility index (Phi) is 4.81. The zero-order valence-corrected chi connectivity index (χ0v) is 13.5. The van der Waals surface area contributed by atoms with E-state index >= 15 is 0 Å². The molecule has 0 heterocycles. The van der Waals surface area contributed by atoms with Gasteiger partial charge in [-0.3, -0.25) is 4.79 Å². The van der Waals surface area contributed by atoms with Crippen LogP contribution in [0.3, 0.4) is 0 Å². The molecule has 1 amide bonds. The minimum Gasteiger partial charge on any atom is -0.452 e. The Morgan fingerprint density at radius 2 is 2.04 bits per heavy atom. The Balaban J connectivity index is 1.57. The maximum atomic E-state index is 13.2. The summed E-state index contributed by atoms with van der Waals surface area (Å²) in [6.07, 6.45) is 1.72. The summed E-state index contributed by atoms with van der Waals surface area (Å²) < 4.78 is 18.1. The Bertz CT molecular complexity index is 794. The highest BCUT2D eigenvalue weighted by molar-refractivity contribution is 6.33. The van der Waals surface area contributed by atoms with E-state index in [-0.39, 0.29) is 16.6 Å². The van der Waals surface area contributed by atoms with Gasteiger partial charge in [-0.15, -0.1) is 0 Å². The van der Waals surface area contributed by atoms with Crippen molar-refractivity contribution < 1.29 is 18.7 Å². The van der Waals surface area contributed by atoms with Crippen molar-refractivity contribution in [2.45, 2.75) is 18.9 Å². The average Bonchev–Trinajstić information content (AvgIpc) is 2.98. The molecule has 0 saturated heterocycles. The number of nitrogens with one attached hydrogen (secondary N) is 1. The number of hydrogen-bond donors (Lipinski definition) is 1. The van der Waals surface area contributed by atoms with Crippen molar-refractivity contribution in [1.29, 1.82) is 0 Å². The summed E-state index contributed by atoms with van der Waals surface area (Å²) in [5.41, 5.74) is 2.20. The van der Waals surface area contributed by atoms with Gasteiger partial charge in [0.15, 0.2) is 6.61 Å². The van der Waals surface area contributed by atoms with Crippen LogP contribution in [-0.2, 0) is 16.0 Å². The first-order valence-corrected chi connectivity index (χ1v) is 7.92. The van der Waals surface area contributed by atoms with E-state index < -0.39 is 24.3 Å². The molecule has 6 heteroatoms. The highest BCUT2D eigenvalue weighted by atomic mass is 35.5. The van der Waals surface area contributed by atoms with Crippen LogP contribution in [0.25, 0.3) is 0 Å². The number of hydrogen-bond acceptors (Lipinski definition) is 3. The smallest absolute Gasteiger partial charge is 0.340 e. The van der Waals surface area contributed by atoms with Crippen molar-refractivity contribution in [3.8, 4) is 0 Å². The summed E-state index contributed by atoms with van der Waals surface area (Å²) in [5.74, 6) is -1.84. The standard InChI is InChI=1S/C18H15ClFNO3/c19-15-7-6-12(20)9-14(15)18(23)24-10-17(22)21-16-8-5-11-3-1-2-4-13(11)16/h1-4,6-7,9,16H,5,8,10H2,(H,21,22)/t16-/m0/s1. The predicted octanol–water partition coefficient (Wildman–Crippen LogP) is 3.44. The molecule has 1 N–H and O–H groups in total. The van der Waals surface area contributed by atoms with Crippen molar-refractivity contribution in [2.24, 2.45) is 0 Å². The molecule has 1 atom stereocenters. The van der Waals surface area contributed by atoms with Gasteiger partial charge in [0.05, 0.1) is 16.6 Å². The molecule has 3 rings (SSSR count). The van der Waals surface area contributed by atoms with Gasteiger partial charge < -0.3 is 10.1 Å². The second-order valence-corrected chi connectivity index (χ2v) is 5.97. The van der Waals surface area contributed by atoms with E-state index in [1.54, 1.807) is 0 Å². The minimum absolute atomic E-state index is 0.0755. The molecule has 1 aliphatic carbocycles. The SMILES string of the molecule is O=C(COC(=O)c1cc(F)ccc1Cl)N[C@H]1CCc2ccccc21. The number of rotatable bonds is 4. The molecule has 0 spiro atoms. The predicted molar refractivity (Wildman–Crippen MR) is 87.3 cm³/mol. The van der Waals surface area contributed by atoms with Crippen LogP contribution in [0.5, 0.6) is 0 Å².